The van der Waals surface area contributed by atoms with Crippen molar-refractivity contribution in [3.05, 3.63) is 122 Å². The van der Waals surface area contributed by atoms with Crippen molar-refractivity contribution in [3.8, 4) is 0 Å². The highest BCUT2D eigenvalue weighted by Crippen LogP contribution is 2.30. The van der Waals surface area contributed by atoms with E-state index in [0.29, 0.717) is 12.8 Å². The topological polar surface area (TPSA) is 228 Å². The highest BCUT2D eigenvalue weighted by Gasteiger charge is 2.51. The molecule has 14 nitrogen and oxygen atoms in total. The minimum Gasteiger partial charge on any atom is -0.394 e. The van der Waals surface area contributed by atoms with Crippen LogP contribution in [0.4, 0.5) is 0 Å². The van der Waals surface area contributed by atoms with Crippen molar-refractivity contribution < 1.29 is 64.6 Å². The molecule has 0 saturated carbocycles. The van der Waals surface area contributed by atoms with Crippen LogP contribution < -0.4 is 5.32 Å². The summed E-state index contributed by atoms with van der Waals surface area (Å²) in [6.45, 7) is 2.77. The van der Waals surface area contributed by atoms with E-state index in [4.69, 9.17) is 18.9 Å². The highest BCUT2D eigenvalue weighted by atomic mass is 16.7. The molecule has 0 radical (unpaired) electrons. The van der Waals surface area contributed by atoms with Gasteiger partial charge in [0.25, 0.3) is 0 Å². The van der Waals surface area contributed by atoms with Gasteiger partial charge in [-0.05, 0) is 89.9 Å². The van der Waals surface area contributed by atoms with Crippen molar-refractivity contribution in [2.75, 3.05) is 19.8 Å². The zero-order valence-electron chi connectivity index (χ0n) is 61.7. The van der Waals surface area contributed by atoms with Gasteiger partial charge in [0.05, 0.1) is 32.0 Å². The van der Waals surface area contributed by atoms with E-state index in [2.05, 4.69) is 141 Å². The second-order valence-electron chi connectivity index (χ2n) is 27.5. The van der Waals surface area contributed by atoms with Gasteiger partial charge in [-0.15, -0.1) is 0 Å². The molecule has 2 aliphatic heterocycles. The molecule has 1 amide bonds. The van der Waals surface area contributed by atoms with Crippen molar-refractivity contribution in [1.29, 1.82) is 0 Å². The molecule has 2 heterocycles. The van der Waals surface area contributed by atoms with Crippen LogP contribution in [0.3, 0.4) is 0 Å². The zero-order chi connectivity index (χ0) is 70.8. The third-order valence-corrected chi connectivity index (χ3v) is 18.7. The van der Waals surface area contributed by atoms with Gasteiger partial charge < -0.3 is 65.1 Å². The van der Waals surface area contributed by atoms with Gasteiger partial charge in [-0.3, -0.25) is 4.79 Å². The molecule has 2 fully saturated rings. The summed E-state index contributed by atoms with van der Waals surface area (Å²) >= 11 is 0. The van der Waals surface area contributed by atoms with E-state index in [1.165, 1.54) is 148 Å². The van der Waals surface area contributed by atoms with Gasteiger partial charge in [0.2, 0.25) is 5.91 Å². The molecule has 98 heavy (non-hydrogen) atoms. The van der Waals surface area contributed by atoms with Crippen LogP contribution >= 0.6 is 0 Å². The van der Waals surface area contributed by atoms with Gasteiger partial charge in [-0.1, -0.05) is 334 Å². The molecular weight excluding hydrogens is 1230 g/mol. The standard InChI is InChI=1S/C84H145NO13/c1-3-5-7-9-11-13-15-17-19-21-23-25-27-29-31-32-33-34-35-36-37-38-39-40-42-44-46-48-50-52-54-56-58-60-62-64-66-68-76(89)85-72(71-95-83-81(94)79(92)82(75(70-87)97-83)98-84-80(93)78(91)77(90)74(69-86)96-84)73(88)67-65-63-61-59-57-55-53-51-49-47-45-43-41-30-28-26-24-22-20-18-16-14-12-10-8-6-4-2/h5,7,11,13,17,19,23,25,29,31,33-34,36-37,39-40,44,46,50,52,72-75,77-84,86-88,90-94H,3-4,6,8-10,12,14-16,18,20-22,24,26-28,30,32,35,38,41-43,45,47-49,51,53-71H2,1-2H3,(H,85,89)/b7-5-,13-11-,19-17-,25-23-,31-29-,34-33-,37-36-,40-39-,46-44-,52-50-. The lowest BCUT2D eigenvalue weighted by atomic mass is 9.97. The van der Waals surface area contributed by atoms with Crippen molar-refractivity contribution in [2.24, 2.45) is 0 Å². The zero-order valence-corrected chi connectivity index (χ0v) is 61.7. The first-order valence-electron chi connectivity index (χ1n) is 39.8. The largest absolute Gasteiger partial charge is 0.394 e. The van der Waals surface area contributed by atoms with Crippen LogP contribution in [0.2, 0.25) is 0 Å². The molecular formula is C84H145NO13. The van der Waals surface area contributed by atoms with Crippen LogP contribution in [-0.4, -0.2) is 140 Å². The maximum absolute atomic E-state index is 13.4. The van der Waals surface area contributed by atoms with Gasteiger partial charge in [0.15, 0.2) is 12.6 Å². The highest BCUT2D eigenvalue weighted by molar-refractivity contribution is 5.76. The molecule has 0 aromatic rings. The quantitative estimate of drug-likeness (QED) is 0.0204. The number of carbonyl (C=O) groups is 1. The third kappa shape index (κ3) is 49.1. The fraction of sp³-hybridized carbons (Fsp3) is 0.750. The van der Waals surface area contributed by atoms with E-state index in [1.807, 2.05) is 0 Å². The fourth-order valence-corrected chi connectivity index (χ4v) is 12.4. The Balaban J connectivity index is 1.64. The first-order valence-corrected chi connectivity index (χ1v) is 39.8. The minimum absolute atomic E-state index is 0.222. The smallest absolute Gasteiger partial charge is 0.220 e. The van der Waals surface area contributed by atoms with E-state index in [1.54, 1.807) is 0 Å². The SMILES string of the molecule is CC/C=C\C/C=C\C/C=C\C/C=C\C/C=C\C/C=C\C/C=C\C/C=C\C/C=C\C/C=C\CCCCCCCCC(=O)NC(COC1OC(CO)C(OC2OC(CO)C(O)C(O)C2O)C(O)C1O)C(O)CCCCCCCCCCCCCCCCCCCCCCCCCCCCC. The molecule has 564 valence electrons. The van der Waals surface area contributed by atoms with E-state index >= 15 is 0 Å². The first-order chi connectivity index (χ1) is 48.1. The second kappa shape index (κ2) is 66.6. The maximum atomic E-state index is 13.4. The lowest BCUT2D eigenvalue weighted by molar-refractivity contribution is -0.359. The average Bonchev–Trinajstić information content (AvgIpc) is 0.793. The van der Waals surface area contributed by atoms with Crippen LogP contribution in [0.15, 0.2) is 122 Å². The van der Waals surface area contributed by atoms with Crippen LogP contribution in [0.5, 0.6) is 0 Å². The number of unbranched alkanes of at least 4 members (excludes halogenated alkanes) is 32. The monoisotopic (exact) mass is 1380 g/mol. The van der Waals surface area contributed by atoms with Gasteiger partial charge in [0.1, 0.15) is 48.8 Å². The summed E-state index contributed by atoms with van der Waals surface area (Å²) in [5.41, 5.74) is 0. The summed E-state index contributed by atoms with van der Waals surface area (Å²) in [6, 6.07) is -0.848. The summed E-state index contributed by atoms with van der Waals surface area (Å²) in [6.07, 6.45) is 80.8. The van der Waals surface area contributed by atoms with Gasteiger partial charge in [-0.2, -0.15) is 0 Å². The van der Waals surface area contributed by atoms with E-state index in [0.717, 1.165) is 128 Å². The number of ether oxygens (including phenoxy) is 4. The van der Waals surface area contributed by atoms with Crippen molar-refractivity contribution >= 4 is 5.91 Å². The van der Waals surface area contributed by atoms with Crippen molar-refractivity contribution in [2.45, 2.75) is 383 Å². The summed E-state index contributed by atoms with van der Waals surface area (Å²) in [5, 5.41) is 87.8. The molecule has 14 heteroatoms. The molecule has 12 unspecified atom stereocenters. The first kappa shape index (κ1) is 90.5. The Hall–Kier alpha value is -3.61. The Morgan fingerprint density at radius 2 is 0.704 bits per heavy atom. The molecule has 0 bridgehead atoms. The predicted molar refractivity (Wildman–Crippen MR) is 405 cm³/mol. The Morgan fingerprint density at radius 1 is 0.378 bits per heavy atom. The number of aliphatic hydroxyl groups is 8. The number of rotatable bonds is 65. The number of carbonyl (C=O) groups excluding carboxylic acids is 1. The Morgan fingerprint density at radius 3 is 1.08 bits per heavy atom. The van der Waals surface area contributed by atoms with Gasteiger partial charge in [-0.25, -0.2) is 0 Å². The second-order valence-corrected chi connectivity index (χ2v) is 27.5. The van der Waals surface area contributed by atoms with Crippen molar-refractivity contribution in [3.63, 3.8) is 0 Å². The number of nitrogens with one attached hydrogen (secondary N) is 1. The summed E-state index contributed by atoms with van der Waals surface area (Å²) in [7, 11) is 0. The van der Waals surface area contributed by atoms with E-state index in [9.17, 15) is 45.6 Å². The predicted octanol–water partition coefficient (Wildman–Crippen LogP) is 18.0. The average molecular weight is 1380 g/mol. The number of hydrogen-bond donors (Lipinski definition) is 9. The number of aliphatic hydroxyl groups excluding tert-OH is 8. The molecule has 0 aliphatic carbocycles. The van der Waals surface area contributed by atoms with Gasteiger partial charge >= 0.3 is 0 Å². The molecule has 12 atom stereocenters. The van der Waals surface area contributed by atoms with Crippen LogP contribution in [0.25, 0.3) is 0 Å². The molecule has 0 aromatic heterocycles. The molecule has 0 aromatic carbocycles. The van der Waals surface area contributed by atoms with E-state index in [-0.39, 0.29) is 18.9 Å². The molecule has 2 aliphatic rings. The van der Waals surface area contributed by atoms with Crippen LogP contribution in [0.1, 0.15) is 309 Å². The number of hydrogen-bond acceptors (Lipinski definition) is 13. The van der Waals surface area contributed by atoms with Crippen LogP contribution in [-0.2, 0) is 23.7 Å². The molecule has 0 spiro atoms. The maximum Gasteiger partial charge on any atom is 0.220 e. The summed E-state index contributed by atoms with van der Waals surface area (Å²) in [5.74, 6) is -0.222. The Bertz CT molecular complexity index is 2110. The summed E-state index contributed by atoms with van der Waals surface area (Å²) in [4.78, 5) is 13.4. The minimum atomic E-state index is -1.79. The third-order valence-electron chi connectivity index (χ3n) is 18.7. The number of amides is 1. The van der Waals surface area contributed by atoms with Gasteiger partial charge in [0, 0.05) is 6.42 Å². The van der Waals surface area contributed by atoms with Crippen molar-refractivity contribution in [1.82, 2.24) is 5.32 Å². The number of allylic oxidation sites excluding steroid dienone is 20. The Kier molecular flexibility index (Phi) is 61.5. The lowest BCUT2D eigenvalue weighted by Gasteiger charge is -2.46. The Labute approximate surface area is 597 Å². The normalized spacial score (nSPS) is 22.7. The summed E-state index contributed by atoms with van der Waals surface area (Å²) < 4.78 is 23.0. The fourth-order valence-electron chi connectivity index (χ4n) is 12.4. The van der Waals surface area contributed by atoms with Crippen LogP contribution in [0, 0.1) is 0 Å². The molecule has 2 saturated heterocycles. The molecule has 9 N–H and O–H groups in total. The lowest BCUT2D eigenvalue weighted by Crippen LogP contribution is -2.65. The van der Waals surface area contributed by atoms with E-state index < -0.39 is 86.8 Å². The molecule has 2 rings (SSSR count).